The van der Waals surface area contributed by atoms with Gasteiger partial charge < -0.3 is 15.4 Å². The maximum Gasteiger partial charge on any atom is 0.255 e. The second-order valence-electron chi connectivity index (χ2n) is 12.1. The lowest BCUT2D eigenvalue weighted by molar-refractivity contribution is -0.113. The molecule has 2 N–H and O–H groups in total. The molecule has 2 heterocycles. The van der Waals surface area contributed by atoms with Crippen LogP contribution in [-0.2, 0) is 16.8 Å². The molecule has 1 aliphatic rings. The van der Waals surface area contributed by atoms with E-state index in [9.17, 15) is 4.79 Å². The van der Waals surface area contributed by atoms with E-state index in [1.807, 2.05) is 67.1 Å². The van der Waals surface area contributed by atoms with Crippen molar-refractivity contribution in [3.8, 4) is 5.75 Å². The number of thioether (sulfide) groups is 1. The normalized spacial score (nSPS) is 14.7. The van der Waals surface area contributed by atoms with E-state index in [0.717, 1.165) is 52.4 Å². The summed E-state index contributed by atoms with van der Waals surface area (Å²) in [6.07, 6.45) is 2.21. The van der Waals surface area contributed by atoms with Crippen LogP contribution in [0.1, 0.15) is 75.8 Å². The standard InChI is InChI=1S/C35H41N5O2S/c1-7-8-20-43-34-38-33-36-24(3)30(32(41)37-28-11-9-10-23(2)21-28)31(40(33)39-34)26-14-18-29(19-15-26)42-22-25-12-16-27(17-13-25)35(4,5)6/h9-19,21,31H,7-8,20,22H2,1-6H3,(H,37,41)(H,36,38,39). The predicted octanol–water partition coefficient (Wildman–Crippen LogP) is 8.28. The number of rotatable bonds is 10. The molecule has 5 rings (SSSR count). The monoisotopic (exact) mass is 595 g/mol. The molecule has 0 radical (unpaired) electrons. The van der Waals surface area contributed by atoms with Gasteiger partial charge in [0.15, 0.2) is 0 Å². The summed E-state index contributed by atoms with van der Waals surface area (Å²) in [6, 6.07) is 23.9. The molecule has 0 saturated heterocycles. The van der Waals surface area contributed by atoms with Crippen molar-refractivity contribution in [2.75, 3.05) is 16.4 Å². The van der Waals surface area contributed by atoms with E-state index in [4.69, 9.17) is 14.8 Å². The van der Waals surface area contributed by atoms with E-state index in [0.29, 0.717) is 23.3 Å². The van der Waals surface area contributed by atoms with E-state index < -0.39 is 6.04 Å². The summed E-state index contributed by atoms with van der Waals surface area (Å²) in [5, 5.41) is 12.0. The summed E-state index contributed by atoms with van der Waals surface area (Å²) in [5.41, 5.74) is 6.63. The van der Waals surface area contributed by atoms with Crippen molar-refractivity contribution in [1.29, 1.82) is 0 Å². The molecule has 224 valence electrons. The molecule has 7 nitrogen and oxygen atoms in total. The first-order valence-electron chi connectivity index (χ1n) is 14.9. The highest BCUT2D eigenvalue weighted by Crippen LogP contribution is 2.37. The number of amides is 1. The molecule has 1 amide bonds. The highest BCUT2D eigenvalue weighted by Gasteiger charge is 2.34. The van der Waals surface area contributed by atoms with E-state index >= 15 is 0 Å². The van der Waals surface area contributed by atoms with Gasteiger partial charge in [0.25, 0.3) is 5.91 Å². The molecule has 1 unspecified atom stereocenters. The van der Waals surface area contributed by atoms with Crippen molar-refractivity contribution >= 4 is 29.3 Å². The summed E-state index contributed by atoms with van der Waals surface area (Å²) in [6.45, 7) is 13.2. The summed E-state index contributed by atoms with van der Waals surface area (Å²) in [4.78, 5) is 18.6. The van der Waals surface area contributed by atoms with Crippen molar-refractivity contribution in [1.82, 2.24) is 14.8 Å². The van der Waals surface area contributed by atoms with Crippen LogP contribution in [0.25, 0.3) is 0 Å². The Kier molecular flexibility index (Phi) is 9.25. The Morgan fingerprint density at radius 1 is 1.05 bits per heavy atom. The minimum Gasteiger partial charge on any atom is -0.489 e. The van der Waals surface area contributed by atoms with E-state index in [-0.39, 0.29) is 11.3 Å². The maximum atomic E-state index is 13.8. The third-order valence-corrected chi connectivity index (χ3v) is 8.43. The number of unbranched alkanes of at least 4 members (excludes halogenated alkanes) is 1. The Morgan fingerprint density at radius 3 is 2.47 bits per heavy atom. The van der Waals surface area contributed by atoms with Crippen LogP contribution in [-0.4, -0.2) is 26.4 Å². The third kappa shape index (κ3) is 7.31. The Labute approximate surface area is 259 Å². The van der Waals surface area contributed by atoms with E-state index in [1.54, 1.807) is 11.8 Å². The van der Waals surface area contributed by atoms with Crippen LogP contribution >= 0.6 is 11.8 Å². The molecule has 0 fully saturated rings. The highest BCUT2D eigenvalue weighted by molar-refractivity contribution is 7.99. The van der Waals surface area contributed by atoms with Crippen LogP contribution in [0.3, 0.4) is 0 Å². The molecule has 8 heteroatoms. The van der Waals surface area contributed by atoms with Crippen LogP contribution in [0, 0.1) is 6.92 Å². The fraction of sp³-hybridized carbons (Fsp3) is 0.343. The van der Waals surface area contributed by atoms with Crippen LogP contribution in [0.5, 0.6) is 5.75 Å². The molecule has 1 aliphatic heterocycles. The average molecular weight is 596 g/mol. The van der Waals surface area contributed by atoms with Gasteiger partial charge in [-0.15, -0.1) is 5.10 Å². The number of hydrogen-bond donors (Lipinski definition) is 2. The van der Waals surface area contributed by atoms with Gasteiger partial charge in [-0.25, -0.2) is 4.68 Å². The minimum atomic E-state index is -0.451. The molecule has 0 bridgehead atoms. The number of hydrogen-bond acceptors (Lipinski definition) is 6. The first-order chi connectivity index (χ1) is 20.6. The first-order valence-corrected chi connectivity index (χ1v) is 15.9. The van der Waals surface area contributed by atoms with Gasteiger partial charge in [-0.2, -0.15) is 4.98 Å². The van der Waals surface area contributed by atoms with Gasteiger partial charge >= 0.3 is 0 Å². The van der Waals surface area contributed by atoms with Crippen molar-refractivity contribution in [3.05, 3.63) is 106 Å². The number of aryl methyl sites for hydroxylation is 1. The quantitative estimate of drug-likeness (QED) is 0.142. The van der Waals surface area contributed by atoms with Crippen molar-refractivity contribution < 1.29 is 9.53 Å². The molecule has 0 aliphatic carbocycles. The number of allylic oxidation sites excluding steroid dienone is 1. The molecule has 4 aromatic rings. The summed E-state index contributed by atoms with van der Waals surface area (Å²) in [7, 11) is 0. The maximum absolute atomic E-state index is 13.8. The SMILES string of the molecule is CCCCSc1nc2n(n1)C(c1ccc(OCc3ccc(C(C)(C)C)cc3)cc1)C(C(=O)Nc1cccc(C)c1)=C(C)N2. The van der Waals surface area contributed by atoms with Gasteiger partial charge in [0, 0.05) is 17.1 Å². The number of fused-ring (bicyclic) bond motifs is 1. The van der Waals surface area contributed by atoms with Crippen molar-refractivity contribution in [2.24, 2.45) is 0 Å². The summed E-state index contributed by atoms with van der Waals surface area (Å²) < 4.78 is 7.96. The fourth-order valence-electron chi connectivity index (χ4n) is 5.04. The van der Waals surface area contributed by atoms with Gasteiger partial charge in [-0.05, 0) is 72.2 Å². The fourth-order valence-corrected chi connectivity index (χ4v) is 5.95. The summed E-state index contributed by atoms with van der Waals surface area (Å²) in [5.74, 6) is 2.16. The van der Waals surface area contributed by atoms with E-state index in [1.165, 1.54) is 5.56 Å². The number of nitrogens with zero attached hydrogens (tertiary/aromatic N) is 3. The average Bonchev–Trinajstić information content (AvgIpc) is 3.37. The predicted molar refractivity (Wildman–Crippen MR) is 176 cm³/mol. The van der Waals surface area contributed by atoms with Gasteiger partial charge in [0.05, 0.1) is 5.57 Å². The highest BCUT2D eigenvalue weighted by atomic mass is 32.2. The molecule has 0 spiro atoms. The minimum absolute atomic E-state index is 0.116. The lowest BCUT2D eigenvalue weighted by Crippen LogP contribution is -2.31. The van der Waals surface area contributed by atoms with Gasteiger partial charge in [-0.1, -0.05) is 94.4 Å². The van der Waals surface area contributed by atoms with Crippen LogP contribution in [0.4, 0.5) is 11.6 Å². The topological polar surface area (TPSA) is 81.1 Å². The number of carbonyl (C=O) groups is 1. The Morgan fingerprint density at radius 2 is 1.79 bits per heavy atom. The van der Waals surface area contributed by atoms with E-state index in [2.05, 4.69) is 62.6 Å². The molecule has 1 aromatic heterocycles. The van der Waals surface area contributed by atoms with Gasteiger partial charge in [-0.3, -0.25) is 4.79 Å². The zero-order valence-electron chi connectivity index (χ0n) is 25.9. The van der Waals surface area contributed by atoms with Crippen molar-refractivity contribution in [2.45, 2.75) is 77.6 Å². The molecular formula is C35H41N5O2S. The Balaban J connectivity index is 1.40. The number of carbonyl (C=O) groups excluding carboxylic acids is 1. The molecule has 1 atom stereocenters. The number of ether oxygens (including phenoxy) is 1. The van der Waals surface area contributed by atoms with Gasteiger partial charge in [0.1, 0.15) is 18.4 Å². The Bertz CT molecular complexity index is 1600. The zero-order valence-corrected chi connectivity index (χ0v) is 26.7. The second-order valence-corrected chi connectivity index (χ2v) is 13.1. The number of benzene rings is 3. The first kappa shape index (κ1) is 30.4. The molecule has 0 saturated carbocycles. The van der Waals surface area contributed by atoms with Crippen molar-refractivity contribution in [3.63, 3.8) is 0 Å². The number of aromatic nitrogens is 3. The zero-order chi connectivity index (χ0) is 30.6. The smallest absolute Gasteiger partial charge is 0.255 e. The Hall–Kier alpha value is -4.04. The molecule has 3 aromatic carbocycles. The summed E-state index contributed by atoms with van der Waals surface area (Å²) >= 11 is 1.64. The van der Waals surface area contributed by atoms with Crippen LogP contribution in [0.2, 0.25) is 0 Å². The largest absolute Gasteiger partial charge is 0.489 e. The van der Waals surface area contributed by atoms with Gasteiger partial charge in [0.2, 0.25) is 11.1 Å². The lowest BCUT2D eigenvalue weighted by Gasteiger charge is -2.28. The lowest BCUT2D eigenvalue weighted by atomic mass is 9.87. The molecule has 43 heavy (non-hydrogen) atoms. The van der Waals surface area contributed by atoms with Crippen LogP contribution < -0.4 is 15.4 Å². The molecular weight excluding hydrogens is 554 g/mol. The third-order valence-electron chi connectivity index (χ3n) is 7.50. The number of nitrogens with one attached hydrogen (secondary N) is 2. The number of anilines is 2. The second kappa shape index (κ2) is 13.1. The van der Waals surface area contributed by atoms with Crippen LogP contribution in [0.15, 0.2) is 89.2 Å².